The minimum atomic E-state index is 0.486. The zero-order chi connectivity index (χ0) is 17.5. The topological polar surface area (TPSA) is 53.2 Å². The molecule has 1 aromatic heterocycles. The van der Waals surface area contributed by atoms with Crippen molar-refractivity contribution in [1.29, 1.82) is 0 Å². The van der Waals surface area contributed by atoms with E-state index >= 15 is 0 Å². The molecule has 1 heterocycles. The summed E-state index contributed by atoms with van der Waals surface area (Å²) in [5.41, 5.74) is 2.67. The third kappa shape index (κ3) is 5.53. The molecule has 3 rings (SSSR count). The second-order valence-electron chi connectivity index (χ2n) is 8.01. The van der Waals surface area contributed by atoms with E-state index in [2.05, 4.69) is 33.7 Å². The Morgan fingerprint density at radius 2 is 1.84 bits per heavy atom. The van der Waals surface area contributed by atoms with Crippen LogP contribution < -0.4 is 5.32 Å². The summed E-state index contributed by atoms with van der Waals surface area (Å²) in [6, 6.07) is 0. The van der Waals surface area contributed by atoms with Crippen molar-refractivity contribution in [2.24, 2.45) is 0 Å². The molecule has 0 radical (unpaired) electrons. The van der Waals surface area contributed by atoms with E-state index in [0.29, 0.717) is 18.1 Å². The summed E-state index contributed by atoms with van der Waals surface area (Å²) in [6.07, 6.45) is 14.6. The van der Waals surface area contributed by atoms with Gasteiger partial charge in [-0.05, 0) is 52.6 Å². The smallest absolute Gasteiger partial charge is 0.0697 e. The number of rotatable bonds is 8. The van der Waals surface area contributed by atoms with Crippen LogP contribution in [0.3, 0.4) is 0 Å². The largest absolute Gasteiger partial charge is 0.375 e. The molecule has 0 unspecified atom stereocenters. The summed E-state index contributed by atoms with van der Waals surface area (Å²) < 4.78 is 6.39. The Bertz CT molecular complexity index is 490. The van der Waals surface area contributed by atoms with Gasteiger partial charge < -0.3 is 15.0 Å². The molecular formula is C20H36N4O. The molecule has 5 nitrogen and oxygen atoms in total. The molecule has 0 amide bonds. The van der Waals surface area contributed by atoms with E-state index in [0.717, 1.165) is 19.6 Å². The van der Waals surface area contributed by atoms with Gasteiger partial charge in [0.15, 0.2) is 0 Å². The molecule has 2 saturated carbocycles. The molecule has 25 heavy (non-hydrogen) atoms. The molecule has 0 aliphatic heterocycles. The second kappa shape index (κ2) is 9.70. The quantitative estimate of drug-likeness (QED) is 0.756. The van der Waals surface area contributed by atoms with Crippen molar-refractivity contribution >= 4 is 0 Å². The van der Waals surface area contributed by atoms with Gasteiger partial charge in [-0.15, -0.1) is 0 Å². The summed E-state index contributed by atoms with van der Waals surface area (Å²) in [5, 5.41) is 10.9. The SMILES string of the molecule is CNCCN(C)Cc1c[nH]nc1C1CCC(OC2CCCCC2)CC1. The van der Waals surface area contributed by atoms with Crippen LogP contribution in [0.15, 0.2) is 6.20 Å². The molecule has 2 fully saturated rings. The highest BCUT2D eigenvalue weighted by atomic mass is 16.5. The second-order valence-corrected chi connectivity index (χ2v) is 8.01. The van der Waals surface area contributed by atoms with E-state index in [1.807, 2.05) is 7.05 Å². The average Bonchev–Trinajstić information content (AvgIpc) is 3.09. The van der Waals surface area contributed by atoms with Crippen molar-refractivity contribution in [1.82, 2.24) is 20.4 Å². The molecule has 142 valence electrons. The zero-order valence-electron chi connectivity index (χ0n) is 16.1. The van der Waals surface area contributed by atoms with Crippen LogP contribution in [0.5, 0.6) is 0 Å². The van der Waals surface area contributed by atoms with E-state index in [4.69, 9.17) is 4.74 Å². The van der Waals surface area contributed by atoms with Crippen LogP contribution in [0.4, 0.5) is 0 Å². The third-order valence-corrected chi connectivity index (χ3v) is 5.93. The summed E-state index contributed by atoms with van der Waals surface area (Å²) in [7, 11) is 4.19. The van der Waals surface area contributed by atoms with Crippen molar-refractivity contribution in [3.8, 4) is 0 Å². The van der Waals surface area contributed by atoms with Crippen molar-refractivity contribution < 1.29 is 4.74 Å². The number of nitrogens with one attached hydrogen (secondary N) is 2. The van der Waals surface area contributed by atoms with Gasteiger partial charge in [0.25, 0.3) is 0 Å². The fourth-order valence-electron chi connectivity index (χ4n) is 4.42. The Morgan fingerprint density at radius 1 is 1.12 bits per heavy atom. The normalized spacial score (nSPS) is 25.6. The molecule has 0 spiro atoms. The van der Waals surface area contributed by atoms with Crippen LogP contribution in [0, 0.1) is 0 Å². The molecule has 1 aromatic rings. The molecule has 2 aliphatic carbocycles. The third-order valence-electron chi connectivity index (χ3n) is 5.93. The number of hydrogen-bond acceptors (Lipinski definition) is 4. The highest BCUT2D eigenvalue weighted by Crippen LogP contribution is 2.36. The lowest BCUT2D eigenvalue weighted by Crippen LogP contribution is -2.29. The lowest BCUT2D eigenvalue weighted by Gasteiger charge is -2.32. The van der Waals surface area contributed by atoms with E-state index < -0.39 is 0 Å². The average molecular weight is 349 g/mol. The summed E-state index contributed by atoms with van der Waals surface area (Å²) >= 11 is 0. The highest BCUT2D eigenvalue weighted by molar-refractivity contribution is 5.21. The maximum atomic E-state index is 6.39. The Kier molecular flexibility index (Phi) is 7.32. The molecular weight excluding hydrogens is 312 g/mol. The van der Waals surface area contributed by atoms with Gasteiger partial charge in [0.1, 0.15) is 0 Å². The van der Waals surface area contributed by atoms with E-state index in [1.165, 1.54) is 69.0 Å². The van der Waals surface area contributed by atoms with Gasteiger partial charge in [-0.25, -0.2) is 0 Å². The maximum Gasteiger partial charge on any atom is 0.0697 e. The van der Waals surface area contributed by atoms with Crippen molar-refractivity contribution in [2.45, 2.75) is 82.5 Å². The molecule has 2 aliphatic rings. The zero-order valence-corrected chi connectivity index (χ0v) is 16.1. The van der Waals surface area contributed by atoms with Gasteiger partial charge >= 0.3 is 0 Å². The molecule has 2 N–H and O–H groups in total. The first-order valence-electron chi connectivity index (χ1n) is 10.3. The Hall–Kier alpha value is -0.910. The number of H-pyrrole nitrogens is 1. The first-order valence-corrected chi connectivity index (χ1v) is 10.3. The Morgan fingerprint density at radius 3 is 2.56 bits per heavy atom. The van der Waals surface area contributed by atoms with Gasteiger partial charge in [0, 0.05) is 37.3 Å². The predicted molar refractivity (Wildman–Crippen MR) is 102 cm³/mol. The first-order chi connectivity index (χ1) is 12.3. The molecule has 0 saturated heterocycles. The van der Waals surface area contributed by atoms with Crippen LogP contribution in [0.25, 0.3) is 0 Å². The fourth-order valence-corrected chi connectivity index (χ4v) is 4.42. The lowest BCUT2D eigenvalue weighted by atomic mass is 9.83. The number of ether oxygens (including phenoxy) is 1. The van der Waals surface area contributed by atoms with Gasteiger partial charge in [-0.2, -0.15) is 5.10 Å². The van der Waals surface area contributed by atoms with Crippen LogP contribution >= 0.6 is 0 Å². The summed E-state index contributed by atoms with van der Waals surface area (Å²) in [4.78, 5) is 2.36. The number of aromatic amines is 1. The van der Waals surface area contributed by atoms with E-state index in [1.54, 1.807) is 0 Å². The van der Waals surface area contributed by atoms with Crippen molar-refractivity contribution in [2.75, 3.05) is 27.2 Å². The number of nitrogens with zero attached hydrogens (tertiary/aromatic N) is 2. The number of hydrogen-bond donors (Lipinski definition) is 2. The van der Waals surface area contributed by atoms with Crippen LogP contribution in [0.1, 0.15) is 75.0 Å². The Balaban J connectivity index is 1.47. The van der Waals surface area contributed by atoms with Gasteiger partial charge in [0.05, 0.1) is 17.9 Å². The van der Waals surface area contributed by atoms with Gasteiger partial charge in [-0.1, -0.05) is 19.3 Å². The minimum absolute atomic E-state index is 0.486. The maximum absolute atomic E-state index is 6.39. The minimum Gasteiger partial charge on any atom is -0.375 e. The standard InChI is InChI=1S/C20H36N4O/c1-21-12-13-24(2)15-17-14-22-23-20(17)16-8-10-19(11-9-16)25-18-6-4-3-5-7-18/h14,16,18-19,21H,3-13,15H2,1-2H3,(H,22,23). The molecule has 0 aromatic carbocycles. The summed E-state index contributed by atoms with van der Waals surface area (Å²) in [6.45, 7) is 3.06. The number of aromatic nitrogens is 2. The predicted octanol–water partition coefficient (Wildman–Crippen LogP) is 3.44. The van der Waals surface area contributed by atoms with E-state index in [-0.39, 0.29) is 0 Å². The van der Waals surface area contributed by atoms with Crippen LogP contribution in [0.2, 0.25) is 0 Å². The van der Waals surface area contributed by atoms with Crippen molar-refractivity contribution in [3.05, 3.63) is 17.5 Å². The van der Waals surface area contributed by atoms with Crippen molar-refractivity contribution in [3.63, 3.8) is 0 Å². The molecule has 5 heteroatoms. The lowest BCUT2D eigenvalue weighted by molar-refractivity contribution is -0.0473. The van der Waals surface area contributed by atoms with E-state index in [9.17, 15) is 0 Å². The van der Waals surface area contributed by atoms with Gasteiger partial charge in [0.2, 0.25) is 0 Å². The van der Waals surface area contributed by atoms with Crippen LogP contribution in [-0.2, 0) is 11.3 Å². The molecule has 0 bridgehead atoms. The summed E-state index contributed by atoms with van der Waals surface area (Å²) in [5.74, 6) is 0.602. The Labute approximate surface area is 152 Å². The number of likely N-dealkylation sites (N-methyl/N-ethyl adjacent to an activating group) is 2. The fraction of sp³-hybridized carbons (Fsp3) is 0.850. The highest BCUT2D eigenvalue weighted by Gasteiger charge is 2.28. The molecule has 0 atom stereocenters. The van der Waals surface area contributed by atoms with Gasteiger partial charge in [-0.3, -0.25) is 5.10 Å². The van der Waals surface area contributed by atoms with Crippen LogP contribution in [-0.4, -0.2) is 54.5 Å². The first kappa shape index (κ1) is 18.9. The monoisotopic (exact) mass is 348 g/mol.